The van der Waals surface area contributed by atoms with Crippen molar-refractivity contribution < 1.29 is 18.0 Å². The van der Waals surface area contributed by atoms with E-state index in [9.17, 15) is 12.8 Å². The first-order valence-electron chi connectivity index (χ1n) is 6.33. The fourth-order valence-electron chi connectivity index (χ4n) is 2.35. The molecule has 0 spiro atoms. The molecule has 1 aromatic rings. The van der Waals surface area contributed by atoms with Crippen molar-refractivity contribution in [3.63, 3.8) is 0 Å². The van der Waals surface area contributed by atoms with E-state index in [4.69, 9.17) is 5.21 Å². The van der Waals surface area contributed by atoms with Crippen LogP contribution in [0.2, 0.25) is 0 Å². The fraction of sp³-hybridized carbons (Fsp3) is 0.462. The van der Waals surface area contributed by atoms with E-state index in [0.29, 0.717) is 17.7 Å². The van der Waals surface area contributed by atoms with Crippen LogP contribution >= 0.6 is 0 Å². The molecule has 0 aliphatic carbocycles. The lowest BCUT2D eigenvalue weighted by Gasteiger charge is -2.31. The van der Waals surface area contributed by atoms with Crippen LogP contribution in [0.4, 0.5) is 4.39 Å². The maximum Gasteiger partial charge on any atom is 0.243 e. The molecular formula is C13H17FN2O3S. The smallest absolute Gasteiger partial charge is 0.243 e. The number of piperidine rings is 1. The van der Waals surface area contributed by atoms with Gasteiger partial charge in [0.1, 0.15) is 5.82 Å². The van der Waals surface area contributed by atoms with E-state index in [-0.39, 0.29) is 23.9 Å². The van der Waals surface area contributed by atoms with E-state index >= 15 is 0 Å². The average Bonchev–Trinajstić information content (AvgIpc) is 2.41. The lowest BCUT2D eigenvalue weighted by atomic mass is 10.00. The third-order valence-corrected chi connectivity index (χ3v) is 5.57. The predicted molar refractivity (Wildman–Crippen MR) is 72.9 cm³/mol. The number of hydrogen-bond donors (Lipinski definition) is 1. The van der Waals surface area contributed by atoms with E-state index in [1.807, 2.05) is 0 Å². The molecule has 0 bridgehead atoms. The molecule has 1 aromatic carbocycles. The average molecular weight is 300 g/mol. The Balaban J connectivity index is 2.34. The van der Waals surface area contributed by atoms with Gasteiger partial charge in [-0.1, -0.05) is 18.1 Å². The summed E-state index contributed by atoms with van der Waals surface area (Å²) in [6.07, 6.45) is 0.380. The van der Waals surface area contributed by atoms with Crippen molar-refractivity contribution in [2.45, 2.75) is 25.2 Å². The fourth-order valence-corrected chi connectivity index (χ4v) is 4.11. The zero-order valence-electron chi connectivity index (χ0n) is 11.4. The number of oxime groups is 1. The van der Waals surface area contributed by atoms with Crippen LogP contribution in [0, 0.1) is 18.7 Å². The van der Waals surface area contributed by atoms with E-state index in [2.05, 4.69) is 5.16 Å². The molecule has 20 heavy (non-hydrogen) atoms. The molecule has 1 fully saturated rings. The van der Waals surface area contributed by atoms with Crippen molar-refractivity contribution in [3.8, 4) is 0 Å². The highest BCUT2D eigenvalue weighted by Crippen LogP contribution is 2.25. The highest BCUT2D eigenvalue weighted by molar-refractivity contribution is 7.89. The second-order valence-electron chi connectivity index (χ2n) is 5.02. The number of halogens is 1. The largest absolute Gasteiger partial charge is 0.411 e. The second-order valence-corrected chi connectivity index (χ2v) is 6.92. The molecule has 1 unspecified atom stereocenters. The number of aryl methyl sites for hydroxylation is 1. The van der Waals surface area contributed by atoms with E-state index in [1.165, 1.54) is 16.4 Å². The van der Waals surface area contributed by atoms with Gasteiger partial charge in [0.25, 0.3) is 0 Å². The first kappa shape index (κ1) is 14.9. The molecule has 110 valence electrons. The van der Waals surface area contributed by atoms with E-state index in [0.717, 1.165) is 6.07 Å². The first-order valence-corrected chi connectivity index (χ1v) is 7.77. The molecule has 1 aliphatic rings. The number of nitrogens with zero attached hydrogens (tertiary/aromatic N) is 2. The number of benzene rings is 1. The van der Waals surface area contributed by atoms with Crippen LogP contribution in [-0.2, 0) is 10.0 Å². The van der Waals surface area contributed by atoms with E-state index < -0.39 is 15.8 Å². The van der Waals surface area contributed by atoms with Gasteiger partial charge in [-0.25, -0.2) is 12.8 Å². The Labute approximate surface area is 117 Å². The molecular weight excluding hydrogens is 283 g/mol. The summed E-state index contributed by atoms with van der Waals surface area (Å²) < 4.78 is 39.7. The van der Waals surface area contributed by atoms with Crippen LogP contribution in [0.1, 0.15) is 18.9 Å². The van der Waals surface area contributed by atoms with Gasteiger partial charge in [-0.15, -0.1) is 0 Å². The summed E-state index contributed by atoms with van der Waals surface area (Å²) in [6.45, 7) is 3.91. The van der Waals surface area contributed by atoms with Crippen LogP contribution in [0.15, 0.2) is 28.3 Å². The van der Waals surface area contributed by atoms with Gasteiger partial charge in [0, 0.05) is 25.4 Å². The quantitative estimate of drug-likeness (QED) is 0.671. The second kappa shape index (κ2) is 5.49. The molecule has 1 heterocycles. The normalized spacial score (nSPS) is 23.1. The summed E-state index contributed by atoms with van der Waals surface area (Å²) in [5, 5.41) is 12.0. The zero-order chi connectivity index (χ0) is 14.9. The summed E-state index contributed by atoms with van der Waals surface area (Å²) >= 11 is 0. The maximum absolute atomic E-state index is 13.3. The Kier molecular flexibility index (Phi) is 4.10. The Morgan fingerprint density at radius 1 is 1.45 bits per heavy atom. The highest BCUT2D eigenvalue weighted by atomic mass is 32.2. The lowest BCUT2D eigenvalue weighted by Crippen LogP contribution is -2.43. The summed E-state index contributed by atoms with van der Waals surface area (Å²) in [4.78, 5) is -0.00547. The van der Waals surface area contributed by atoms with Crippen molar-refractivity contribution in [2.24, 2.45) is 11.1 Å². The van der Waals surface area contributed by atoms with Crippen molar-refractivity contribution in [2.75, 3.05) is 13.1 Å². The van der Waals surface area contributed by atoms with Gasteiger partial charge in [-0.3, -0.25) is 0 Å². The van der Waals surface area contributed by atoms with Gasteiger partial charge < -0.3 is 5.21 Å². The van der Waals surface area contributed by atoms with Crippen molar-refractivity contribution in [1.29, 1.82) is 0 Å². The van der Waals surface area contributed by atoms with Gasteiger partial charge in [0.2, 0.25) is 10.0 Å². The first-order chi connectivity index (χ1) is 9.36. The molecule has 1 saturated heterocycles. The summed E-state index contributed by atoms with van der Waals surface area (Å²) in [7, 11) is -3.72. The summed E-state index contributed by atoms with van der Waals surface area (Å²) in [5.41, 5.74) is 1.10. The predicted octanol–water partition coefficient (Wildman–Crippen LogP) is 1.99. The van der Waals surface area contributed by atoms with Crippen LogP contribution in [-0.4, -0.2) is 36.7 Å². The lowest BCUT2D eigenvalue weighted by molar-refractivity contribution is 0.300. The SMILES string of the molecule is Cc1ccc(F)cc1S(=O)(=O)N1CC/C(=N\O)C(C)C1. The van der Waals surface area contributed by atoms with Crippen LogP contribution in [0.3, 0.4) is 0 Å². The molecule has 7 heteroatoms. The molecule has 0 aromatic heterocycles. The third-order valence-electron chi connectivity index (χ3n) is 3.56. The standard InChI is InChI=1S/C13H17FN2O3S/c1-9-3-4-11(14)7-13(9)20(18,19)16-6-5-12(15-17)10(2)8-16/h3-4,7,10,17H,5-6,8H2,1-2H3/b15-12+. The van der Waals surface area contributed by atoms with Crippen LogP contribution in [0.25, 0.3) is 0 Å². The summed E-state index contributed by atoms with van der Waals surface area (Å²) in [5.74, 6) is -0.728. The van der Waals surface area contributed by atoms with Gasteiger partial charge >= 0.3 is 0 Å². The monoisotopic (exact) mass is 300 g/mol. The zero-order valence-corrected chi connectivity index (χ0v) is 12.2. The Morgan fingerprint density at radius 2 is 2.15 bits per heavy atom. The molecule has 5 nitrogen and oxygen atoms in total. The van der Waals surface area contributed by atoms with Gasteiger partial charge in [0.05, 0.1) is 10.6 Å². The molecule has 0 radical (unpaired) electrons. The highest BCUT2D eigenvalue weighted by Gasteiger charge is 2.32. The summed E-state index contributed by atoms with van der Waals surface area (Å²) in [6, 6.07) is 3.74. The minimum Gasteiger partial charge on any atom is -0.411 e. The molecule has 0 saturated carbocycles. The van der Waals surface area contributed by atoms with Crippen molar-refractivity contribution in [1.82, 2.24) is 4.31 Å². The topological polar surface area (TPSA) is 70.0 Å². The Morgan fingerprint density at radius 3 is 2.75 bits per heavy atom. The minimum absolute atomic E-state index is 0.00547. The Bertz CT molecular complexity index is 643. The number of sulfonamides is 1. The third kappa shape index (κ3) is 2.69. The molecule has 2 rings (SSSR count). The molecule has 1 N–H and O–H groups in total. The minimum atomic E-state index is -3.72. The molecule has 1 atom stereocenters. The number of rotatable bonds is 2. The molecule has 1 aliphatic heterocycles. The van der Waals surface area contributed by atoms with Gasteiger partial charge in [-0.05, 0) is 24.6 Å². The van der Waals surface area contributed by atoms with Crippen molar-refractivity contribution in [3.05, 3.63) is 29.6 Å². The molecule has 0 amide bonds. The maximum atomic E-state index is 13.3. The van der Waals surface area contributed by atoms with Gasteiger partial charge in [-0.2, -0.15) is 4.31 Å². The van der Waals surface area contributed by atoms with Crippen LogP contribution in [0.5, 0.6) is 0 Å². The Hall–Kier alpha value is -1.47. The van der Waals surface area contributed by atoms with Crippen molar-refractivity contribution >= 4 is 15.7 Å². The number of hydrogen-bond acceptors (Lipinski definition) is 4. The van der Waals surface area contributed by atoms with Crippen LogP contribution < -0.4 is 0 Å². The van der Waals surface area contributed by atoms with E-state index in [1.54, 1.807) is 13.8 Å². The van der Waals surface area contributed by atoms with Gasteiger partial charge in [0.15, 0.2) is 0 Å².